The fraction of sp³-hybridized carbons (Fsp3) is 1.00. The van der Waals surface area contributed by atoms with Crippen LogP contribution in [0.3, 0.4) is 0 Å². The molecule has 0 nitrogen and oxygen atoms in total. The first-order valence-corrected chi connectivity index (χ1v) is 8.84. The average Bonchev–Trinajstić information content (AvgIpc) is 2.47. The first-order valence-electron chi connectivity index (χ1n) is 8.84. The normalized spacial score (nSPS) is 28.5. The van der Waals surface area contributed by atoms with Crippen LogP contribution in [0, 0.1) is 17.8 Å². The van der Waals surface area contributed by atoms with Crippen LogP contribution in [-0.2, 0) is 0 Å². The predicted molar refractivity (Wildman–Crippen MR) is 85.0 cm³/mol. The largest absolute Gasteiger partial charge is 0.0683 e. The van der Waals surface area contributed by atoms with Crippen molar-refractivity contribution in [3.05, 3.63) is 0 Å². The van der Waals surface area contributed by atoms with Crippen LogP contribution in [0.2, 0.25) is 0 Å². The summed E-state index contributed by atoms with van der Waals surface area (Å²) in [5.41, 5.74) is 0. The van der Waals surface area contributed by atoms with Gasteiger partial charge in [0, 0.05) is 0 Å². The second-order valence-electron chi connectivity index (χ2n) is 5.87. The molecule has 0 atom stereocenters. The van der Waals surface area contributed by atoms with Crippen molar-refractivity contribution in [2.24, 2.45) is 17.8 Å². The molecular formula is C18H38. The lowest BCUT2D eigenvalue weighted by Gasteiger charge is -2.31. The quantitative estimate of drug-likeness (QED) is 0.506. The van der Waals surface area contributed by atoms with E-state index in [1.807, 2.05) is 27.7 Å². The maximum atomic E-state index is 2.43. The summed E-state index contributed by atoms with van der Waals surface area (Å²) in [5.74, 6) is 3.24. The Kier molecular flexibility index (Phi) is 12.1. The van der Waals surface area contributed by atoms with E-state index < -0.39 is 0 Å². The van der Waals surface area contributed by atoms with Crippen LogP contribution in [-0.4, -0.2) is 0 Å². The minimum Gasteiger partial charge on any atom is -0.0683 e. The van der Waals surface area contributed by atoms with E-state index in [9.17, 15) is 0 Å². The summed E-state index contributed by atoms with van der Waals surface area (Å²) in [6.07, 6.45) is 15.3. The highest BCUT2D eigenvalue weighted by Crippen LogP contribution is 2.36. The van der Waals surface area contributed by atoms with Crippen LogP contribution < -0.4 is 0 Å². The van der Waals surface area contributed by atoms with Gasteiger partial charge in [-0.2, -0.15) is 0 Å². The highest BCUT2D eigenvalue weighted by molar-refractivity contribution is 4.75. The molecule has 0 spiro atoms. The highest BCUT2D eigenvalue weighted by Gasteiger charge is 2.22. The summed E-state index contributed by atoms with van der Waals surface area (Å²) in [6.45, 7) is 10.4. The summed E-state index contributed by atoms with van der Waals surface area (Å²) in [5, 5.41) is 0. The molecule has 2 saturated carbocycles. The molecule has 2 fully saturated rings. The molecule has 18 heavy (non-hydrogen) atoms. The summed E-state index contributed by atoms with van der Waals surface area (Å²) >= 11 is 0. The molecule has 0 unspecified atom stereocenters. The van der Waals surface area contributed by atoms with E-state index in [1.54, 1.807) is 19.3 Å². The lowest BCUT2D eigenvalue weighted by molar-refractivity contribution is 0.218. The molecule has 0 heterocycles. The van der Waals surface area contributed by atoms with Gasteiger partial charge in [-0.15, -0.1) is 0 Å². The molecule has 2 aliphatic carbocycles. The third-order valence-electron chi connectivity index (χ3n) is 4.53. The van der Waals surface area contributed by atoms with Gasteiger partial charge in [-0.25, -0.2) is 0 Å². The van der Waals surface area contributed by atoms with Gasteiger partial charge in [0.15, 0.2) is 0 Å². The van der Waals surface area contributed by atoms with Gasteiger partial charge in [0.1, 0.15) is 0 Å². The highest BCUT2D eigenvalue weighted by atomic mass is 14.3. The Hall–Kier alpha value is 0. The lowest BCUT2D eigenvalue weighted by Crippen LogP contribution is -2.17. The van der Waals surface area contributed by atoms with Crippen molar-refractivity contribution in [1.29, 1.82) is 0 Å². The van der Waals surface area contributed by atoms with Gasteiger partial charge >= 0.3 is 0 Å². The second kappa shape index (κ2) is 12.1. The van der Waals surface area contributed by atoms with Crippen molar-refractivity contribution in [1.82, 2.24) is 0 Å². The summed E-state index contributed by atoms with van der Waals surface area (Å²) in [6, 6.07) is 0. The topological polar surface area (TPSA) is 0 Å². The Morgan fingerprint density at radius 1 is 0.611 bits per heavy atom. The molecule has 0 aromatic carbocycles. The molecule has 0 aliphatic heterocycles. The molecule has 0 aromatic heterocycles. The first-order chi connectivity index (χ1) is 8.84. The van der Waals surface area contributed by atoms with Gasteiger partial charge in [0.25, 0.3) is 0 Å². The van der Waals surface area contributed by atoms with Crippen molar-refractivity contribution in [3.63, 3.8) is 0 Å². The standard InChI is InChI=1S/C14H26.2C2H6/c1-12-7-9-14(10-8-12)11-13-5-3-2-4-6-13;2*1-2/h12-14H,2-11H2,1H3;2*1-2H3. The molecule has 0 radical (unpaired) electrons. The maximum Gasteiger partial charge on any atom is -0.0411 e. The summed E-state index contributed by atoms with van der Waals surface area (Å²) < 4.78 is 0. The lowest BCUT2D eigenvalue weighted by atomic mass is 9.75. The van der Waals surface area contributed by atoms with Gasteiger partial charge < -0.3 is 0 Å². The Labute approximate surface area is 117 Å². The Balaban J connectivity index is 0.000000659. The minimum atomic E-state index is 1.03. The fourth-order valence-electron chi connectivity index (χ4n) is 3.46. The van der Waals surface area contributed by atoms with Crippen LogP contribution in [0.5, 0.6) is 0 Å². The van der Waals surface area contributed by atoms with E-state index in [-0.39, 0.29) is 0 Å². The van der Waals surface area contributed by atoms with E-state index >= 15 is 0 Å². The Morgan fingerprint density at radius 2 is 1.06 bits per heavy atom. The molecule has 110 valence electrons. The molecule has 0 amide bonds. The Morgan fingerprint density at radius 3 is 1.56 bits per heavy atom. The van der Waals surface area contributed by atoms with Gasteiger partial charge in [-0.3, -0.25) is 0 Å². The molecule has 2 rings (SSSR count). The smallest absolute Gasteiger partial charge is 0.0411 e. The zero-order valence-corrected chi connectivity index (χ0v) is 13.8. The van der Waals surface area contributed by atoms with Crippen molar-refractivity contribution >= 4 is 0 Å². The molecule has 2 aliphatic rings. The third kappa shape index (κ3) is 7.44. The third-order valence-corrected chi connectivity index (χ3v) is 4.53. The second-order valence-corrected chi connectivity index (χ2v) is 5.87. The Bertz CT molecular complexity index is 147. The number of hydrogen-bond acceptors (Lipinski definition) is 0. The van der Waals surface area contributed by atoms with E-state index in [4.69, 9.17) is 0 Å². The van der Waals surface area contributed by atoms with E-state index in [0.29, 0.717) is 0 Å². The van der Waals surface area contributed by atoms with Crippen LogP contribution in [0.1, 0.15) is 98.8 Å². The monoisotopic (exact) mass is 254 g/mol. The van der Waals surface area contributed by atoms with Crippen molar-refractivity contribution < 1.29 is 0 Å². The van der Waals surface area contributed by atoms with Crippen molar-refractivity contribution in [2.45, 2.75) is 98.8 Å². The van der Waals surface area contributed by atoms with Crippen LogP contribution in [0.4, 0.5) is 0 Å². The van der Waals surface area contributed by atoms with E-state index in [2.05, 4.69) is 6.92 Å². The minimum absolute atomic E-state index is 1.03. The van der Waals surface area contributed by atoms with Gasteiger partial charge in [0.2, 0.25) is 0 Å². The summed E-state index contributed by atoms with van der Waals surface area (Å²) in [7, 11) is 0. The first kappa shape index (κ1) is 18.0. The molecule has 0 aromatic rings. The SMILES string of the molecule is CC.CC.CC1CCC(CC2CCCCC2)CC1. The molecule has 0 heteroatoms. The van der Waals surface area contributed by atoms with Crippen molar-refractivity contribution in [3.8, 4) is 0 Å². The number of rotatable bonds is 2. The van der Waals surface area contributed by atoms with Gasteiger partial charge in [0.05, 0.1) is 0 Å². The van der Waals surface area contributed by atoms with Gasteiger partial charge in [-0.1, -0.05) is 92.4 Å². The van der Waals surface area contributed by atoms with E-state index in [1.165, 1.54) is 44.9 Å². The fourth-order valence-corrected chi connectivity index (χ4v) is 3.46. The van der Waals surface area contributed by atoms with Crippen LogP contribution >= 0.6 is 0 Å². The number of hydrogen-bond donors (Lipinski definition) is 0. The average molecular weight is 255 g/mol. The van der Waals surface area contributed by atoms with Gasteiger partial charge in [-0.05, 0) is 24.2 Å². The van der Waals surface area contributed by atoms with Crippen LogP contribution in [0.25, 0.3) is 0 Å². The molecule has 0 bridgehead atoms. The predicted octanol–water partition coefficient (Wildman–Crippen LogP) is 6.84. The summed E-state index contributed by atoms with van der Waals surface area (Å²) in [4.78, 5) is 0. The molecule has 0 N–H and O–H groups in total. The zero-order valence-electron chi connectivity index (χ0n) is 13.8. The van der Waals surface area contributed by atoms with E-state index in [0.717, 1.165) is 17.8 Å². The molecular weight excluding hydrogens is 216 g/mol. The molecule has 0 saturated heterocycles. The maximum absolute atomic E-state index is 2.43. The van der Waals surface area contributed by atoms with Crippen LogP contribution in [0.15, 0.2) is 0 Å². The zero-order chi connectivity index (χ0) is 13.8. The van der Waals surface area contributed by atoms with Crippen molar-refractivity contribution in [2.75, 3.05) is 0 Å².